The van der Waals surface area contributed by atoms with Gasteiger partial charge in [0.2, 0.25) is 0 Å². The molecule has 0 atom stereocenters. The van der Waals surface area contributed by atoms with Crippen molar-refractivity contribution in [1.82, 2.24) is 14.6 Å². The van der Waals surface area contributed by atoms with E-state index in [1.165, 1.54) is 12.1 Å². The molecule has 0 aliphatic carbocycles. The Morgan fingerprint density at radius 1 is 1.23 bits per heavy atom. The summed E-state index contributed by atoms with van der Waals surface area (Å²) in [6.45, 7) is 6.03. The van der Waals surface area contributed by atoms with Crippen LogP contribution in [0.2, 0.25) is 0 Å². The van der Waals surface area contributed by atoms with Crippen molar-refractivity contribution in [3.63, 3.8) is 0 Å². The quantitative estimate of drug-likeness (QED) is 0.440. The highest BCUT2D eigenvalue weighted by Gasteiger charge is 2.28. The van der Waals surface area contributed by atoms with Gasteiger partial charge in [-0.05, 0) is 43.5 Å². The number of carbonyl (C=O) groups is 1. The number of pyridine rings is 1. The second kappa shape index (κ2) is 9.13. The topological polar surface area (TPSA) is 76.8 Å². The molecule has 0 bridgehead atoms. The molecule has 3 heterocycles. The second-order valence-corrected chi connectivity index (χ2v) is 7.90. The number of nitrogens with zero attached hydrogens (tertiary/aromatic N) is 3. The largest absolute Gasteiger partial charge is 0.376 e. The molecule has 3 aromatic rings. The van der Waals surface area contributed by atoms with Gasteiger partial charge in [-0.2, -0.15) is 0 Å². The van der Waals surface area contributed by atoms with E-state index in [1.807, 2.05) is 24.6 Å². The maximum atomic E-state index is 13.3. The van der Waals surface area contributed by atoms with Crippen LogP contribution in [-0.4, -0.2) is 51.6 Å². The van der Waals surface area contributed by atoms with Crippen molar-refractivity contribution in [2.24, 2.45) is 0 Å². The lowest BCUT2D eigenvalue weighted by Crippen LogP contribution is -2.35. The highest BCUT2D eigenvalue weighted by molar-refractivity contribution is 6.00. The number of benzene rings is 1. The van der Waals surface area contributed by atoms with E-state index >= 15 is 0 Å². The van der Waals surface area contributed by atoms with E-state index in [1.54, 1.807) is 18.3 Å². The SMILES string of the molecule is CC(C)OCCOCc1cn(Cc2ccc(F)cc2)c2cnc3c(c12)CCN(O)C3=O. The van der Waals surface area contributed by atoms with Crippen LogP contribution in [0.5, 0.6) is 0 Å². The summed E-state index contributed by atoms with van der Waals surface area (Å²) >= 11 is 0. The highest BCUT2D eigenvalue weighted by atomic mass is 19.1. The van der Waals surface area contributed by atoms with Crippen LogP contribution in [0, 0.1) is 5.82 Å². The van der Waals surface area contributed by atoms with Gasteiger partial charge in [0.1, 0.15) is 11.5 Å². The molecule has 0 radical (unpaired) electrons. The van der Waals surface area contributed by atoms with Crippen LogP contribution in [0.1, 0.15) is 41.0 Å². The van der Waals surface area contributed by atoms with Gasteiger partial charge in [-0.15, -0.1) is 0 Å². The molecule has 1 aliphatic rings. The van der Waals surface area contributed by atoms with Gasteiger partial charge in [0.15, 0.2) is 0 Å². The summed E-state index contributed by atoms with van der Waals surface area (Å²) in [4.78, 5) is 16.7. The van der Waals surface area contributed by atoms with E-state index in [2.05, 4.69) is 4.98 Å². The minimum absolute atomic E-state index is 0.145. The Morgan fingerprint density at radius 2 is 2.00 bits per heavy atom. The van der Waals surface area contributed by atoms with Crippen molar-refractivity contribution in [2.45, 2.75) is 39.5 Å². The minimum atomic E-state index is -0.494. The summed E-state index contributed by atoms with van der Waals surface area (Å²) in [5.74, 6) is -0.770. The predicted molar refractivity (Wildman–Crippen MR) is 113 cm³/mol. The highest BCUT2D eigenvalue weighted by Crippen LogP contribution is 2.31. The fourth-order valence-corrected chi connectivity index (χ4v) is 3.86. The van der Waals surface area contributed by atoms with E-state index in [9.17, 15) is 14.4 Å². The number of halogens is 1. The maximum Gasteiger partial charge on any atom is 0.296 e. The first-order valence-corrected chi connectivity index (χ1v) is 10.4. The Hall–Kier alpha value is -2.81. The molecule has 2 aromatic heterocycles. The molecule has 1 N–H and O–H groups in total. The summed E-state index contributed by atoms with van der Waals surface area (Å²) in [6, 6.07) is 6.38. The first-order valence-electron chi connectivity index (χ1n) is 10.4. The van der Waals surface area contributed by atoms with E-state index in [4.69, 9.17) is 9.47 Å². The van der Waals surface area contributed by atoms with Crippen LogP contribution in [0.3, 0.4) is 0 Å². The van der Waals surface area contributed by atoms with Crippen molar-refractivity contribution in [1.29, 1.82) is 0 Å². The average molecular weight is 427 g/mol. The minimum Gasteiger partial charge on any atom is -0.376 e. The maximum absolute atomic E-state index is 13.3. The van der Waals surface area contributed by atoms with Crippen LogP contribution in [0.25, 0.3) is 10.9 Å². The van der Waals surface area contributed by atoms with Gasteiger partial charge >= 0.3 is 0 Å². The van der Waals surface area contributed by atoms with Crippen molar-refractivity contribution >= 4 is 16.8 Å². The Balaban J connectivity index is 1.67. The lowest BCUT2D eigenvalue weighted by molar-refractivity contribution is -0.0606. The number of hydroxylamine groups is 2. The summed E-state index contributed by atoms with van der Waals surface area (Å²) < 4.78 is 26.7. The number of hydrogen-bond donors (Lipinski definition) is 1. The first-order chi connectivity index (χ1) is 14.9. The fourth-order valence-electron chi connectivity index (χ4n) is 3.86. The molecule has 0 saturated carbocycles. The summed E-state index contributed by atoms with van der Waals surface area (Å²) in [7, 11) is 0. The first kappa shape index (κ1) is 21.4. The monoisotopic (exact) mass is 427 g/mol. The number of fused-ring (bicyclic) bond motifs is 3. The molecule has 1 aromatic carbocycles. The van der Waals surface area contributed by atoms with Gasteiger partial charge < -0.3 is 14.0 Å². The van der Waals surface area contributed by atoms with Crippen LogP contribution >= 0.6 is 0 Å². The molecular formula is C23H26FN3O4. The number of hydrogen-bond acceptors (Lipinski definition) is 5. The third-order valence-corrected chi connectivity index (χ3v) is 5.32. The Bertz CT molecular complexity index is 1080. The van der Waals surface area contributed by atoms with Gasteiger partial charge in [-0.1, -0.05) is 12.1 Å². The van der Waals surface area contributed by atoms with Gasteiger partial charge in [0, 0.05) is 23.7 Å². The average Bonchev–Trinajstić information content (AvgIpc) is 3.09. The van der Waals surface area contributed by atoms with Crippen molar-refractivity contribution in [3.8, 4) is 0 Å². The van der Waals surface area contributed by atoms with E-state index < -0.39 is 5.91 Å². The number of aromatic nitrogens is 2. The van der Waals surface area contributed by atoms with Gasteiger partial charge in [-0.3, -0.25) is 10.0 Å². The number of carbonyl (C=O) groups excluding carboxylic acids is 1. The number of ether oxygens (including phenoxy) is 2. The molecular weight excluding hydrogens is 401 g/mol. The summed E-state index contributed by atoms with van der Waals surface area (Å²) in [6.07, 6.45) is 4.30. The van der Waals surface area contributed by atoms with Crippen molar-refractivity contribution in [2.75, 3.05) is 19.8 Å². The predicted octanol–water partition coefficient (Wildman–Crippen LogP) is 3.55. The molecule has 0 spiro atoms. The zero-order valence-electron chi connectivity index (χ0n) is 17.7. The normalized spacial score (nSPS) is 14.0. The number of amides is 1. The molecule has 164 valence electrons. The molecule has 0 saturated heterocycles. The Morgan fingerprint density at radius 3 is 2.74 bits per heavy atom. The Kier molecular flexibility index (Phi) is 6.31. The van der Waals surface area contributed by atoms with Crippen molar-refractivity contribution < 1.29 is 23.9 Å². The Labute approximate surface area is 180 Å². The lowest BCUT2D eigenvalue weighted by Gasteiger charge is -2.23. The molecule has 8 heteroatoms. The summed E-state index contributed by atoms with van der Waals surface area (Å²) in [5, 5.41) is 11.4. The smallest absolute Gasteiger partial charge is 0.296 e. The zero-order chi connectivity index (χ0) is 22.0. The zero-order valence-corrected chi connectivity index (χ0v) is 17.7. The molecule has 4 rings (SSSR count). The molecule has 1 amide bonds. The molecule has 0 fully saturated rings. The van der Waals surface area contributed by atoms with Crippen LogP contribution in [0.15, 0.2) is 36.7 Å². The van der Waals surface area contributed by atoms with E-state index in [-0.39, 0.29) is 24.2 Å². The third-order valence-electron chi connectivity index (χ3n) is 5.32. The second-order valence-electron chi connectivity index (χ2n) is 7.90. The van der Waals surface area contributed by atoms with Crippen LogP contribution in [-0.2, 0) is 29.0 Å². The van der Waals surface area contributed by atoms with Crippen LogP contribution < -0.4 is 0 Å². The van der Waals surface area contributed by atoms with Crippen LogP contribution in [0.4, 0.5) is 4.39 Å². The molecule has 1 aliphatic heterocycles. The molecule has 7 nitrogen and oxygen atoms in total. The lowest BCUT2D eigenvalue weighted by atomic mass is 9.99. The molecule has 31 heavy (non-hydrogen) atoms. The van der Waals surface area contributed by atoms with Gasteiger partial charge in [-0.25, -0.2) is 14.4 Å². The van der Waals surface area contributed by atoms with Gasteiger partial charge in [0.05, 0.1) is 44.2 Å². The third kappa shape index (κ3) is 4.61. The summed E-state index contributed by atoms with van der Waals surface area (Å²) in [5.41, 5.74) is 3.86. The fraction of sp³-hybridized carbons (Fsp3) is 0.391. The van der Waals surface area contributed by atoms with E-state index in [0.29, 0.717) is 37.8 Å². The molecule has 0 unspecified atom stereocenters. The van der Waals surface area contributed by atoms with E-state index in [0.717, 1.165) is 27.6 Å². The van der Waals surface area contributed by atoms with Crippen molar-refractivity contribution in [3.05, 3.63) is 64.9 Å². The van der Waals surface area contributed by atoms with Gasteiger partial charge in [0.25, 0.3) is 5.91 Å². The standard InChI is InChI=1S/C23H26FN3O4/c1-15(2)31-10-9-30-14-17-13-26(12-16-3-5-18(24)6-4-16)20-11-25-22-19(21(17)20)7-8-27(29)23(22)28/h3-6,11,13,15,29H,7-10,12,14H2,1-2H3. The number of rotatable bonds is 8.